The maximum atomic E-state index is 10.8. The summed E-state index contributed by atoms with van der Waals surface area (Å²) in [6.45, 7) is 0.374. The molecule has 8 heteroatoms. The van der Waals surface area contributed by atoms with Crippen molar-refractivity contribution in [3.63, 3.8) is 0 Å². The van der Waals surface area contributed by atoms with Gasteiger partial charge in [0.1, 0.15) is 11.8 Å². The number of hydrogen-bond donors (Lipinski definition) is 2. The van der Waals surface area contributed by atoms with Crippen molar-refractivity contribution in [2.75, 3.05) is 18.1 Å². The Labute approximate surface area is 130 Å². The lowest BCUT2D eigenvalue weighted by molar-refractivity contribution is -0.139. The molecule has 0 saturated heterocycles. The third-order valence-corrected chi connectivity index (χ3v) is 3.79. The number of carboxylic acids is 1. The number of aliphatic carboxylic acids is 1. The van der Waals surface area contributed by atoms with Crippen LogP contribution >= 0.6 is 35.0 Å². The molecule has 0 aliphatic rings. The fraction of sp³-hybridized carbons (Fsp3) is 0.333. The number of amides is 1. The summed E-state index contributed by atoms with van der Waals surface area (Å²) < 4.78 is 5.45. The number of halogens is 2. The highest BCUT2D eigenvalue weighted by molar-refractivity contribution is 7.99. The van der Waals surface area contributed by atoms with Crippen LogP contribution in [0.4, 0.5) is 0 Å². The predicted octanol–water partition coefficient (Wildman–Crippen LogP) is 2.30. The number of rotatable bonds is 9. The zero-order valence-corrected chi connectivity index (χ0v) is 12.7. The number of carboxylic acid groups (broad SMARTS) is 1. The van der Waals surface area contributed by atoms with Gasteiger partial charge in [-0.1, -0.05) is 23.2 Å². The van der Waals surface area contributed by atoms with Crippen LogP contribution in [-0.2, 0) is 9.59 Å². The van der Waals surface area contributed by atoms with E-state index in [0.717, 1.165) is 0 Å². The largest absolute Gasteiger partial charge is 0.491 e. The maximum absolute atomic E-state index is 10.8. The molecule has 1 amide bonds. The minimum absolute atomic E-state index is 0.270. The Kier molecular flexibility index (Phi) is 7.58. The average Bonchev–Trinajstić information content (AvgIpc) is 2.39. The lowest BCUT2D eigenvalue weighted by Gasteiger charge is -2.11. The van der Waals surface area contributed by atoms with E-state index in [1.165, 1.54) is 11.8 Å². The molecule has 0 fully saturated rings. The van der Waals surface area contributed by atoms with Gasteiger partial charge in [0.05, 0.1) is 11.6 Å². The summed E-state index contributed by atoms with van der Waals surface area (Å²) in [6, 6.07) is 4.03. The normalized spacial score (nSPS) is 11.7. The Morgan fingerprint density at radius 2 is 2.25 bits per heavy atom. The predicted molar refractivity (Wildman–Crippen MR) is 79.9 cm³/mol. The number of carbonyl (C=O) groups excluding carboxylic acids is 1. The average molecular weight is 338 g/mol. The van der Waals surface area contributed by atoms with Gasteiger partial charge >= 0.3 is 5.97 Å². The van der Waals surface area contributed by atoms with E-state index in [0.29, 0.717) is 34.6 Å². The molecule has 0 aliphatic carbocycles. The van der Waals surface area contributed by atoms with Crippen molar-refractivity contribution in [2.45, 2.75) is 6.04 Å². The molecule has 0 spiro atoms. The first-order valence-corrected chi connectivity index (χ1v) is 7.53. The molecule has 0 aliphatic heterocycles. The molecule has 20 heavy (non-hydrogen) atoms. The monoisotopic (exact) mass is 337 g/mol. The van der Waals surface area contributed by atoms with Crippen molar-refractivity contribution < 1.29 is 19.4 Å². The summed E-state index contributed by atoms with van der Waals surface area (Å²) in [5.74, 6) is 0.304. The van der Waals surface area contributed by atoms with Crippen LogP contribution in [0.2, 0.25) is 10.0 Å². The number of nitrogens with one attached hydrogen (secondary N) is 1. The van der Waals surface area contributed by atoms with Gasteiger partial charge in [0.15, 0.2) is 0 Å². The van der Waals surface area contributed by atoms with Crippen LogP contribution in [0.25, 0.3) is 0 Å². The summed E-state index contributed by atoms with van der Waals surface area (Å²) in [5.41, 5.74) is 0. The molecule has 1 atom stereocenters. The van der Waals surface area contributed by atoms with Gasteiger partial charge in [0.25, 0.3) is 0 Å². The molecule has 110 valence electrons. The van der Waals surface area contributed by atoms with Gasteiger partial charge in [-0.05, 0) is 18.2 Å². The van der Waals surface area contributed by atoms with Gasteiger partial charge in [-0.25, -0.2) is 4.79 Å². The van der Waals surface area contributed by atoms with Crippen molar-refractivity contribution in [2.24, 2.45) is 0 Å². The molecule has 1 aromatic carbocycles. The molecule has 1 aromatic rings. The fourth-order valence-corrected chi connectivity index (χ4v) is 2.58. The van der Waals surface area contributed by atoms with Gasteiger partial charge in [-0.3, -0.25) is 4.79 Å². The molecule has 0 saturated carbocycles. The van der Waals surface area contributed by atoms with E-state index in [4.69, 9.17) is 33.0 Å². The van der Waals surface area contributed by atoms with E-state index in [2.05, 4.69) is 5.32 Å². The van der Waals surface area contributed by atoms with Crippen LogP contribution in [0, 0.1) is 0 Å². The van der Waals surface area contributed by atoms with E-state index in [1.807, 2.05) is 0 Å². The van der Waals surface area contributed by atoms with Crippen LogP contribution in [0.3, 0.4) is 0 Å². The first-order valence-electron chi connectivity index (χ1n) is 5.62. The third-order valence-electron chi connectivity index (χ3n) is 2.23. The summed E-state index contributed by atoms with van der Waals surface area (Å²) in [4.78, 5) is 21.0. The number of carbonyl (C=O) groups is 2. The smallest absolute Gasteiger partial charge is 0.327 e. The standard InChI is InChI=1S/C12H13Cl2NO4S/c13-8-1-2-11(9(14)5-8)19-3-4-20-6-10(12(17)18)15-7-16/h1-2,5,7,10H,3-4,6H2,(H,15,16)(H,17,18). The zero-order valence-electron chi connectivity index (χ0n) is 10.3. The Hall–Kier alpha value is -1.11. The second-order valence-corrected chi connectivity index (χ2v) is 5.67. The first kappa shape index (κ1) is 16.9. The molecule has 0 heterocycles. The summed E-state index contributed by atoms with van der Waals surface area (Å²) in [6.07, 6.45) is 0.378. The molecule has 0 radical (unpaired) electrons. The third kappa shape index (κ3) is 5.90. The highest BCUT2D eigenvalue weighted by Gasteiger charge is 2.15. The fourth-order valence-electron chi connectivity index (χ4n) is 1.28. The molecule has 2 N–H and O–H groups in total. The van der Waals surface area contributed by atoms with Crippen LogP contribution in [0.1, 0.15) is 0 Å². The highest BCUT2D eigenvalue weighted by Crippen LogP contribution is 2.27. The zero-order chi connectivity index (χ0) is 15.0. The Morgan fingerprint density at radius 1 is 1.50 bits per heavy atom. The van der Waals surface area contributed by atoms with E-state index in [9.17, 15) is 9.59 Å². The van der Waals surface area contributed by atoms with E-state index in [1.54, 1.807) is 18.2 Å². The van der Waals surface area contributed by atoms with Gasteiger partial charge in [0, 0.05) is 16.5 Å². The topological polar surface area (TPSA) is 75.6 Å². The van der Waals surface area contributed by atoms with E-state index >= 15 is 0 Å². The molecule has 1 rings (SSSR count). The molecule has 0 bridgehead atoms. The minimum Gasteiger partial charge on any atom is -0.491 e. The van der Waals surface area contributed by atoms with Crippen molar-refractivity contribution in [1.82, 2.24) is 5.32 Å². The van der Waals surface area contributed by atoms with Crippen molar-refractivity contribution >= 4 is 47.3 Å². The second-order valence-electron chi connectivity index (χ2n) is 3.67. The Morgan fingerprint density at radius 3 is 2.85 bits per heavy atom. The van der Waals surface area contributed by atoms with E-state index < -0.39 is 12.0 Å². The Balaban J connectivity index is 2.27. The maximum Gasteiger partial charge on any atom is 0.327 e. The van der Waals surface area contributed by atoms with Crippen molar-refractivity contribution in [1.29, 1.82) is 0 Å². The summed E-state index contributed by atoms with van der Waals surface area (Å²) in [7, 11) is 0. The molecule has 5 nitrogen and oxygen atoms in total. The lowest BCUT2D eigenvalue weighted by Crippen LogP contribution is -2.38. The quantitative estimate of drug-likeness (QED) is 0.534. The van der Waals surface area contributed by atoms with Crippen LogP contribution in [0.5, 0.6) is 5.75 Å². The number of ether oxygens (including phenoxy) is 1. The van der Waals surface area contributed by atoms with Crippen molar-refractivity contribution in [3.8, 4) is 5.75 Å². The summed E-state index contributed by atoms with van der Waals surface area (Å²) in [5, 5.41) is 12.0. The van der Waals surface area contributed by atoms with Crippen molar-refractivity contribution in [3.05, 3.63) is 28.2 Å². The Bertz CT molecular complexity index is 473. The SMILES string of the molecule is O=CNC(CSCCOc1ccc(Cl)cc1Cl)C(=O)O. The number of thioether (sulfide) groups is 1. The highest BCUT2D eigenvalue weighted by atomic mass is 35.5. The number of hydrogen-bond acceptors (Lipinski definition) is 4. The van der Waals surface area contributed by atoms with Gasteiger partial charge in [-0.2, -0.15) is 11.8 Å². The van der Waals surface area contributed by atoms with Crippen LogP contribution in [0.15, 0.2) is 18.2 Å². The van der Waals surface area contributed by atoms with Gasteiger partial charge < -0.3 is 15.2 Å². The molecule has 0 aromatic heterocycles. The first-order chi connectivity index (χ1) is 9.54. The minimum atomic E-state index is -1.06. The molecule has 1 unspecified atom stereocenters. The van der Waals surface area contributed by atoms with Gasteiger partial charge in [0.2, 0.25) is 6.41 Å². The molecular formula is C12H13Cl2NO4S. The lowest BCUT2D eigenvalue weighted by atomic mass is 10.3. The second kappa shape index (κ2) is 8.94. The van der Waals surface area contributed by atoms with Gasteiger partial charge in [-0.15, -0.1) is 0 Å². The molecular weight excluding hydrogens is 325 g/mol. The van der Waals surface area contributed by atoms with Crippen LogP contribution < -0.4 is 10.1 Å². The number of benzene rings is 1. The van der Waals surface area contributed by atoms with Crippen LogP contribution in [-0.4, -0.2) is 41.6 Å². The van der Waals surface area contributed by atoms with E-state index in [-0.39, 0.29) is 5.75 Å². The summed E-state index contributed by atoms with van der Waals surface area (Å²) >= 11 is 13.1.